The van der Waals surface area contributed by atoms with Crippen LogP contribution in [0.25, 0.3) is 33.7 Å². The minimum atomic E-state index is -0.457. The van der Waals surface area contributed by atoms with E-state index in [4.69, 9.17) is 4.52 Å². The Morgan fingerprint density at radius 2 is 1.89 bits per heavy atom. The van der Waals surface area contributed by atoms with Crippen molar-refractivity contribution in [1.82, 2.24) is 14.7 Å². The van der Waals surface area contributed by atoms with Crippen LogP contribution in [-0.2, 0) is 13.0 Å². The van der Waals surface area contributed by atoms with E-state index in [1.165, 1.54) is 17.7 Å². The number of hydrogen-bond acceptors (Lipinski definition) is 4. The molecule has 0 atom stereocenters. The molecular weight excluding hydrogens is 345 g/mol. The average molecular weight is 363 g/mol. The van der Waals surface area contributed by atoms with Crippen molar-refractivity contribution < 1.29 is 8.91 Å². The third-order valence-electron chi connectivity index (χ3n) is 4.66. The molecule has 0 spiro atoms. The summed E-state index contributed by atoms with van der Waals surface area (Å²) in [6, 6.07) is 12.1. The van der Waals surface area contributed by atoms with E-state index in [2.05, 4.69) is 17.1 Å². The molecule has 0 bridgehead atoms. The quantitative estimate of drug-likeness (QED) is 0.538. The van der Waals surface area contributed by atoms with E-state index in [1.807, 2.05) is 35.8 Å². The summed E-state index contributed by atoms with van der Waals surface area (Å²) in [6.45, 7) is 4.66. The first-order valence-corrected chi connectivity index (χ1v) is 8.86. The van der Waals surface area contributed by atoms with Gasteiger partial charge in [-0.25, -0.2) is 4.39 Å². The number of pyridine rings is 1. The van der Waals surface area contributed by atoms with E-state index in [0.29, 0.717) is 23.3 Å². The zero-order chi connectivity index (χ0) is 19.0. The molecule has 4 rings (SSSR count). The number of nitrogens with zero attached hydrogens (tertiary/aromatic N) is 3. The van der Waals surface area contributed by atoms with Gasteiger partial charge in [-0.1, -0.05) is 36.3 Å². The minimum Gasteiger partial charge on any atom is -0.347 e. The van der Waals surface area contributed by atoms with Crippen molar-refractivity contribution in [3.8, 4) is 22.8 Å². The number of rotatable bonds is 4. The highest BCUT2D eigenvalue weighted by atomic mass is 19.1. The van der Waals surface area contributed by atoms with Gasteiger partial charge in [-0.15, -0.1) is 0 Å². The molecule has 0 unspecified atom stereocenters. The third kappa shape index (κ3) is 3.03. The SMILES string of the molecule is CCc1ccc(-c2noc(-c3cn(CC)c4ccc(F)cc4c3=O)n2)cc1. The van der Waals surface area contributed by atoms with Crippen molar-refractivity contribution in [2.45, 2.75) is 26.8 Å². The van der Waals surface area contributed by atoms with Gasteiger partial charge in [-0.05, 0) is 37.1 Å². The van der Waals surface area contributed by atoms with Crippen LogP contribution in [0.4, 0.5) is 4.39 Å². The van der Waals surface area contributed by atoms with E-state index in [1.54, 1.807) is 12.3 Å². The molecule has 0 N–H and O–H groups in total. The number of aromatic nitrogens is 3. The molecule has 0 aliphatic rings. The average Bonchev–Trinajstić information content (AvgIpc) is 3.18. The number of fused-ring (bicyclic) bond motifs is 1. The van der Waals surface area contributed by atoms with Crippen LogP contribution in [-0.4, -0.2) is 14.7 Å². The Labute approximate surface area is 155 Å². The lowest BCUT2D eigenvalue weighted by Gasteiger charge is -2.09. The number of hydrogen-bond donors (Lipinski definition) is 0. The van der Waals surface area contributed by atoms with Crippen LogP contribution in [0.1, 0.15) is 19.4 Å². The number of halogens is 1. The molecule has 4 aromatic rings. The van der Waals surface area contributed by atoms with Gasteiger partial charge >= 0.3 is 0 Å². The van der Waals surface area contributed by atoms with Crippen LogP contribution in [0.5, 0.6) is 0 Å². The van der Waals surface area contributed by atoms with Crippen LogP contribution < -0.4 is 5.43 Å². The van der Waals surface area contributed by atoms with Gasteiger partial charge in [0.05, 0.1) is 5.52 Å². The van der Waals surface area contributed by atoms with Crippen LogP contribution in [0.2, 0.25) is 0 Å². The highest BCUT2D eigenvalue weighted by Crippen LogP contribution is 2.23. The lowest BCUT2D eigenvalue weighted by atomic mass is 10.1. The first-order valence-electron chi connectivity index (χ1n) is 8.86. The van der Waals surface area contributed by atoms with Crippen LogP contribution in [0, 0.1) is 5.82 Å². The lowest BCUT2D eigenvalue weighted by molar-refractivity contribution is 0.431. The van der Waals surface area contributed by atoms with Gasteiger partial charge in [0.1, 0.15) is 11.4 Å². The molecule has 27 heavy (non-hydrogen) atoms. The van der Waals surface area contributed by atoms with Crippen molar-refractivity contribution >= 4 is 10.9 Å². The Morgan fingerprint density at radius 3 is 2.59 bits per heavy atom. The van der Waals surface area contributed by atoms with Gasteiger partial charge in [0.2, 0.25) is 11.3 Å². The standard InChI is InChI=1S/C21H18FN3O2/c1-3-13-5-7-14(8-6-13)20-23-21(27-24-20)17-12-25(4-2)18-10-9-15(22)11-16(18)19(17)26/h5-12H,3-4H2,1-2H3. The smallest absolute Gasteiger partial charge is 0.263 e. The highest BCUT2D eigenvalue weighted by molar-refractivity contribution is 5.83. The topological polar surface area (TPSA) is 60.9 Å². The molecule has 6 heteroatoms. The Bertz CT molecular complexity index is 1180. The second-order valence-corrected chi connectivity index (χ2v) is 6.29. The zero-order valence-electron chi connectivity index (χ0n) is 15.1. The molecule has 2 heterocycles. The van der Waals surface area contributed by atoms with Gasteiger partial charge in [0.15, 0.2) is 0 Å². The zero-order valence-corrected chi connectivity index (χ0v) is 15.1. The molecule has 0 radical (unpaired) electrons. The van der Waals surface area contributed by atoms with Gasteiger partial charge in [-0.2, -0.15) is 4.98 Å². The predicted octanol–water partition coefficient (Wildman–Crippen LogP) is 4.44. The second kappa shape index (κ2) is 6.79. The van der Waals surface area contributed by atoms with Crippen LogP contribution in [0.15, 0.2) is 58.0 Å². The summed E-state index contributed by atoms with van der Waals surface area (Å²) in [6.07, 6.45) is 2.63. The summed E-state index contributed by atoms with van der Waals surface area (Å²) in [5, 5.41) is 4.30. The van der Waals surface area contributed by atoms with Crippen LogP contribution in [0.3, 0.4) is 0 Å². The summed E-state index contributed by atoms with van der Waals surface area (Å²) < 4.78 is 20.9. The molecule has 0 amide bonds. The normalized spacial score (nSPS) is 11.2. The van der Waals surface area contributed by atoms with Crippen LogP contribution >= 0.6 is 0 Å². The Morgan fingerprint density at radius 1 is 1.11 bits per heavy atom. The first-order chi connectivity index (χ1) is 13.1. The Hall–Kier alpha value is -3.28. The number of benzene rings is 2. The number of aryl methyl sites for hydroxylation is 2. The molecule has 0 saturated carbocycles. The fourth-order valence-corrected chi connectivity index (χ4v) is 3.12. The summed E-state index contributed by atoms with van der Waals surface area (Å²) in [5.74, 6) is 0.0824. The fraction of sp³-hybridized carbons (Fsp3) is 0.190. The monoisotopic (exact) mass is 363 g/mol. The van der Waals surface area contributed by atoms with E-state index in [-0.39, 0.29) is 16.9 Å². The van der Waals surface area contributed by atoms with Gasteiger partial charge in [0.25, 0.3) is 5.89 Å². The molecule has 0 fully saturated rings. The van der Waals surface area contributed by atoms with Crippen molar-refractivity contribution in [3.63, 3.8) is 0 Å². The van der Waals surface area contributed by atoms with E-state index < -0.39 is 5.82 Å². The Kier molecular flexibility index (Phi) is 4.32. The summed E-state index contributed by atoms with van der Waals surface area (Å²) in [5.41, 5.74) is 2.63. The van der Waals surface area contributed by atoms with Gasteiger partial charge in [0, 0.05) is 23.7 Å². The van der Waals surface area contributed by atoms with E-state index >= 15 is 0 Å². The summed E-state index contributed by atoms with van der Waals surface area (Å²) in [7, 11) is 0. The summed E-state index contributed by atoms with van der Waals surface area (Å²) >= 11 is 0. The Balaban J connectivity index is 1.84. The van der Waals surface area contributed by atoms with Gasteiger partial charge in [-0.3, -0.25) is 4.79 Å². The van der Waals surface area contributed by atoms with E-state index in [9.17, 15) is 9.18 Å². The first kappa shape index (κ1) is 17.1. The lowest BCUT2D eigenvalue weighted by Crippen LogP contribution is -2.12. The molecule has 136 valence electrons. The highest BCUT2D eigenvalue weighted by Gasteiger charge is 2.17. The molecular formula is C21H18FN3O2. The largest absolute Gasteiger partial charge is 0.347 e. The maximum absolute atomic E-state index is 13.7. The molecule has 2 aromatic carbocycles. The maximum atomic E-state index is 13.7. The molecule has 0 aliphatic heterocycles. The van der Waals surface area contributed by atoms with E-state index in [0.717, 1.165) is 12.0 Å². The van der Waals surface area contributed by atoms with Crippen molar-refractivity contribution in [2.75, 3.05) is 0 Å². The van der Waals surface area contributed by atoms with Gasteiger partial charge < -0.3 is 9.09 Å². The third-order valence-corrected chi connectivity index (χ3v) is 4.66. The van der Waals surface area contributed by atoms with Crippen molar-refractivity contribution in [3.05, 3.63) is 70.3 Å². The molecule has 0 saturated heterocycles. The minimum absolute atomic E-state index is 0.128. The predicted molar refractivity (Wildman–Crippen MR) is 102 cm³/mol. The molecule has 0 aliphatic carbocycles. The molecule has 2 aromatic heterocycles. The second-order valence-electron chi connectivity index (χ2n) is 6.29. The fourth-order valence-electron chi connectivity index (χ4n) is 3.12. The maximum Gasteiger partial charge on any atom is 0.263 e. The summed E-state index contributed by atoms with van der Waals surface area (Å²) in [4.78, 5) is 17.3. The van der Waals surface area contributed by atoms with Crippen molar-refractivity contribution in [1.29, 1.82) is 0 Å². The van der Waals surface area contributed by atoms with Crippen molar-refractivity contribution in [2.24, 2.45) is 0 Å². The molecule has 5 nitrogen and oxygen atoms in total.